The smallest absolute Gasteiger partial charge is 0.407 e. The SMILES string of the molecule is COCc1ccccc1CNC(C)CNC(=O)OC(C)(C)C. The molecule has 1 amide bonds. The second kappa shape index (κ2) is 8.76. The van der Waals surface area contributed by atoms with E-state index >= 15 is 0 Å². The Hall–Kier alpha value is -1.59. The van der Waals surface area contributed by atoms with E-state index in [0.717, 1.165) is 6.54 Å². The Morgan fingerprint density at radius 2 is 1.86 bits per heavy atom. The molecule has 0 aliphatic carbocycles. The molecule has 5 nitrogen and oxygen atoms in total. The van der Waals surface area contributed by atoms with Gasteiger partial charge in [-0.15, -0.1) is 0 Å². The van der Waals surface area contributed by atoms with E-state index in [1.54, 1.807) is 7.11 Å². The van der Waals surface area contributed by atoms with E-state index in [-0.39, 0.29) is 12.1 Å². The zero-order valence-corrected chi connectivity index (χ0v) is 14.2. The number of benzene rings is 1. The predicted octanol–water partition coefficient (Wildman–Crippen LogP) is 2.84. The number of hydrogen-bond donors (Lipinski definition) is 2. The van der Waals surface area contributed by atoms with Gasteiger partial charge in [-0.3, -0.25) is 0 Å². The molecular weight excluding hydrogens is 280 g/mol. The molecule has 0 radical (unpaired) electrons. The van der Waals surface area contributed by atoms with E-state index in [2.05, 4.69) is 22.8 Å². The topological polar surface area (TPSA) is 59.6 Å². The van der Waals surface area contributed by atoms with Gasteiger partial charge in [0, 0.05) is 26.2 Å². The summed E-state index contributed by atoms with van der Waals surface area (Å²) in [6, 6.07) is 8.30. The maximum absolute atomic E-state index is 11.6. The zero-order valence-electron chi connectivity index (χ0n) is 14.2. The summed E-state index contributed by atoms with van der Waals surface area (Å²) >= 11 is 0. The number of amides is 1. The highest BCUT2D eigenvalue weighted by Gasteiger charge is 2.16. The molecule has 0 aliphatic rings. The zero-order chi connectivity index (χ0) is 16.6. The van der Waals surface area contributed by atoms with Crippen molar-refractivity contribution in [2.24, 2.45) is 0 Å². The molecule has 0 fully saturated rings. The van der Waals surface area contributed by atoms with Crippen LogP contribution in [0.4, 0.5) is 4.79 Å². The third kappa shape index (κ3) is 7.43. The van der Waals surface area contributed by atoms with Crippen LogP contribution >= 0.6 is 0 Å². The molecule has 22 heavy (non-hydrogen) atoms. The second-order valence-corrected chi connectivity index (χ2v) is 6.37. The minimum absolute atomic E-state index is 0.142. The number of rotatable bonds is 7. The molecule has 5 heteroatoms. The maximum Gasteiger partial charge on any atom is 0.407 e. The average molecular weight is 308 g/mol. The number of carbonyl (C=O) groups excluding carboxylic acids is 1. The van der Waals surface area contributed by atoms with Gasteiger partial charge in [-0.05, 0) is 38.8 Å². The van der Waals surface area contributed by atoms with Crippen molar-refractivity contribution < 1.29 is 14.3 Å². The number of carbonyl (C=O) groups is 1. The highest BCUT2D eigenvalue weighted by Crippen LogP contribution is 2.10. The van der Waals surface area contributed by atoms with Gasteiger partial charge >= 0.3 is 6.09 Å². The van der Waals surface area contributed by atoms with Crippen LogP contribution in [-0.4, -0.2) is 31.4 Å². The van der Waals surface area contributed by atoms with Crippen LogP contribution in [0.3, 0.4) is 0 Å². The van der Waals surface area contributed by atoms with Crippen molar-refractivity contribution >= 4 is 6.09 Å². The van der Waals surface area contributed by atoms with Crippen molar-refractivity contribution in [3.05, 3.63) is 35.4 Å². The average Bonchev–Trinajstić information content (AvgIpc) is 2.43. The summed E-state index contributed by atoms with van der Waals surface area (Å²) in [4.78, 5) is 11.6. The van der Waals surface area contributed by atoms with Crippen LogP contribution < -0.4 is 10.6 Å². The van der Waals surface area contributed by atoms with E-state index < -0.39 is 5.60 Å². The Morgan fingerprint density at radius 1 is 1.23 bits per heavy atom. The Morgan fingerprint density at radius 3 is 2.45 bits per heavy atom. The predicted molar refractivity (Wildman–Crippen MR) is 87.7 cm³/mol. The monoisotopic (exact) mass is 308 g/mol. The molecule has 0 bridgehead atoms. The van der Waals surface area contributed by atoms with Gasteiger partial charge in [0.25, 0.3) is 0 Å². The van der Waals surface area contributed by atoms with Crippen LogP contribution in [0.1, 0.15) is 38.8 Å². The quantitative estimate of drug-likeness (QED) is 0.813. The van der Waals surface area contributed by atoms with Crippen molar-refractivity contribution in [2.75, 3.05) is 13.7 Å². The van der Waals surface area contributed by atoms with Crippen LogP contribution in [0.2, 0.25) is 0 Å². The van der Waals surface area contributed by atoms with Crippen LogP contribution in [0.15, 0.2) is 24.3 Å². The summed E-state index contributed by atoms with van der Waals surface area (Å²) < 4.78 is 10.4. The van der Waals surface area contributed by atoms with Gasteiger partial charge in [-0.25, -0.2) is 4.79 Å². The Kier molecular flexibility index (Phi) is 7.35. The van der Waals surface area contributed by atoms with Gasteiger partial charge < -0.3 is 20.1 Å². The van der Waals surface area contributed by atoms with Gasteiger partial charge in [0.05, 0.1) is 6.61 Å². The fraction of sp³-hybridized carbons (Fsp3) is 0.588. The third-order valence-electron chi connectivity index (χ3n) is 3.01. The summed E-state index contributed by atoms with van der Waals surface area (Å²) in [6.45, 7) is 9.42. The summed E-state index contributed by atoms with van der Waals surface area (Å²) in [7, 11) is 1.69. The molecule has 2 N–H and O–H groups in total. The Labute approximate surface area is 133 Å². The first-order chi connectivity index (χ1) is 10.3. The van der Waals surface area contributed by atoms with E-state index in [9.17, 15) is 4.79 Å². The summed E-state index contributed by atoms with van der Waals surface area (Å²) in [5, 5.41) is 6.16. The van der Waals surface area contributed by atoms with E-state index in [0.29, 0.717) is 13.2 Å². The van der Waals surface area contributed by atoms with Crippen molar-refractivity contribution in [3.8, 4) is 0 Å². The van der Waals surface area contributed by atoms with Gasteiger partial charge in [0.2, 0.25) is 0 Å². The molecule has 1 rings (SSSR count). The van der Waals surface area contributed by atoms with Crippen molar-refractivity contribution in [3.63, 3.8) is 0 Å². The Balaban J connectivity index is 2.37. The van der Waals surface area contributed by atoms with Crippen LogP contribution in [-0.2, 0) is 22.6 Å². The molecule has 1 aromatic carbocycles. The number of alkyl carbamates (subject to hydrolysis) is 1. The van der Waals surface area contributed by atoms with E-state index in [1.807, 2.05) is 39.8 Å². The lowest BCUT2D eigenvalue weighted by molar-refractivity contribution is 0.0523. The number of methoxy groups -OCH3 is 1. The normalized spacial score (nSPS) is 12.8. The van der Waals surface area contributed by atoms with Gasteiger partial charge in [-0.1, -0.05) is 24.3 Å². The molecule has 0 saturated carbocycles. The largest absolute Gasteiger partial charge is 0.444 e. The lowest BCUT2D eigenvalue weighted by atomic mass is 10.1. The molecule has 1 unspecified atom stereocenters. The molecule has 0 heterocycles. The lowest BCUT2D eigenvalue weighted by Gasteiger charge is -2.21. The van der Waals surface area contributed by atoms with Crippen molar-refractivity contribution in [1.82, 2.24) is 10.6 Å². The van der Waals surface area contributed by atoms with Crippen LogP contribution in [0.5, 0.6) is 0 Å². The summed E-state index contributed by atoms with van der Waals surface area (Å²) in [5.74, 6) is 0. The first-order valence-corrected chi connectivity index (χ1v) is 7.58. The summed E-state index contributed by atoms with van der Waals surface area (Å²) in [5.41, 5.74) is 1.90. The summed E-state index contributed by atoms with van der Waals surface area (Å²) in [6.07, 6.45) is -0.388. The highest BCUT2D eigenvalue weighted by molar-refractivity contribution is 5.67. The van der Waals surface area contributed by atoms with Gasteiger partial charge in [-0.2, -0.15) is 0 Å². The number of nitrogens with one attached hydrogen (secondary N) is 2. The molecule has 0 saturated heterocycles. The van der Waals surface area contributed by atoms with Gasteiger partial charge in [0.15, 0.2) is 0 Å². The van der Waals surface area contributed by atoms with Crippen molar-refractivity contribution in [2.45, 2.75) is 52.5 Å². The number of hydrogen-bond acceptors (Lipinski definition) is 4. The minimum Gasteiger partial charge on any atom is -0.444 e. The maximum atomic E-state index is 11.6. The van der Waals surface area contributed by atoms with Crippen molar-refractivity contribution in [1.29, 1.82) is 0 Å². The molecule has 0 aliphatic heterocycles. The lowest BCUT2D eigenvalue weighted by Crippen LogP contribution is -2.41. The third-order valence-corrected chi connectivity index (χ3v) is 3.01. The molecule has 1 aromatic rings. The standard InChI is InChI=1S/C17H28N2O3/c1-13(10-19-16(20)22-17(2,3)4)18-11-14-8-6-7-9-15(14)12-21-5/h6-9,13,18H,10-12H2,1-5H3,(H,19,20). The fourth-order valence-electron chi connectivity index (χ4n) is 1.93. The number of ether oxygens (including phenoxy) is 2. The van der Waals surface area contributed by atoms with Crippen LogP contribution in [0, 0.1) is 0 Å². The van der Waals surface area contributed by atoms with Crippen LogP contribution in [0.25, 0.3) is 0 Å². The second-order valence-electron chi connectivity index (χ2n) is 6.37. The molecule has 0 aromatic heterocycles. The first kappa shape index (κ1) is 18.5. The molecule has 1 atom stereocenters. The first-order valence-electron chi connectivity index (χ1n) is 7.58. The van der Waals surface area contributed by atoms with E-state index in [4.69, 9.17) is 9.47 Å². The van der Waals surface area contributed by atoms with Gasteiger partial charge in [0.1, 0.15) is 5.60 Å². The Bertz CT molecular complexity index is 469. The fourth-order valence-corrected chi connectivity index (χ4v) is 1.93. The highest BCUT2D eigenvalue weighted by atomic mass is 16.6. The molecular formula is C17H28N2O3. The molecule has 124 valence electrons. The minimum atomic E-state index is -0.472. The van der Waals surface area contributed by atoms with E-state index in [1.165, 1.54) is 11.1 Å². The molecule has 0 spiro atoms.